The van der Waals surface area contributed by atoms with Gasteiger partial charge in [0, 0.05) is 6.54 Å². The van der Waals surface area contributed by atoms with Crippen molar-refractivity contribution >= 4 is 0 Å². The molecule has 1 atom stereocenters. The summed E-state index contributed by atoms with van der Waals surface area (Å²) in [5.41, 5.74) is -0.409. The molecule has 2 heterocycles. The number of likely N-dealkylation sites (tertiary alicyclic amines) is 1. The molecule has 0 radical (unpaired) electrons. The van der Waals surface area contributed by atoms with E-state index in [1.165, 1.54) is 25.9 Å². The molecule has 3 nitrogen and oxygen atoms in total. The summed E-state index contributed by atoms with van der Waals surface area (Å²) in [6.45, 7) is 5.33. The van der Waals surface area contributed by atoms with Crippen LogP contribution >= 0.6 is 0 Å². The molecule has 0 aliphatic carbocycles. The second-order valence-electron chi connectivity index (χ2n) is 4.81. The minimum absolute atomic E-state index is 0.409. The maximum absolute atomic E-state index is 10.4. The first-order valence-electron chi connectivity index (χ1n) is 5.94. The van der Waals surface area contributed by atoms with E-state index in [0.29, 0.717) is 0 Å². The van der Waals surface area contributed by atoms with Crippen LogP contribution in [0.25, 0.3) is 0 Å². The van der Waals surface area contributed by atoms with Crippen molar-refractivity contribution in [2.45, 2.75) is 37.7 Å². The van der Waals surface area contributed by atoms with Gasteiger partial charge in [0.15, 0.2) is 0 Å². The summed E-state index contributed by atoms with van der Waals surface area (Å²) in [6, 6.07) is 0. The zero-order valence-electron chi connectivity index (χ0n) is 8.97. The number of hydrogen-bond donors (Lipinski definition) is 2. The van der Waals surface area contributed by atoms with Gasteiger partial charge < -0.3 is 15.3 Å². The summed E-state index contributed by atoms with van der Waals surface area (Å²) in [6.07, 6.45) is 5.63. The van der Waals surface area contributed by atoms with Gasteiger partial charge in [-0.1, -0.05) is 0 Å². The quantitative estimate of drug-likeness (QED) is 0.681. The molecule has 2 N–H and O–H groups in total. The highest BCUT2D eigenvalue weighted by atomic mass is 16.3. The second kappa shape index (κ2) is 4.60. The predicted molar refractivity (Wildman–Crippen MR) is 57.3 cm³/mol. The van der Waals surface area contributed by atoms with Gasteiger partial charge in [0.2, 0.25) is 0 Å². The zero-order chi connectivity index (χ0) is 9.86. The maximum Gasteiger partial charge on any atom is 0.0786 e. The van der Waals surface area contributed by atoms with E-state index >= 15 is 0 Å². The molecule has 82 valence electrons. The van der Waals surface area contributed by atoms with Gasteiger partial charge in [-0.2, -0.15) is 0 Å². The number of β-amino-alcohol motifs (C(OH)–C–C–N with tert-alkyl or cyclic N) is 1. The molecule has 0 saturated carbocycles. The van der Waals surface area contributed by atoms with Crippen molar-refractivity contribution in [3.63, 3.8) is 0 Å². The summed E-state index contributed by atoms with van der Waals surface area (Å²) in [4.78, 5) is 2.42. The summed E-state index contributed by atoms with van der Waals surface area (Å²) >= 11 is 0. The van der Waals surface area contributed by atoms with Gasteiger partial charge >= 0.3 is 0 Å². The third-order valence-corrected chi connectivity index (χ3v) is 3.48. The van der Waals surface area contributed by atoms with Crippen LogP contribution in [0.1, 0.15) is 32.1 Å². The molecule has 0 unspecified atom stereocenters. The highest BCUT2D eigenvalue weighted by Gasteiger charge is 2.30. The normalized spacial score (nSPS) is 35.8. The molecule has 3 heteroatoms. The van der Waals surface area contributed by atoms with E-state index in [0.717, 1.165) is 38.9 Å². The van der Waals surface area contributed by atoms with Crippen molar-refractivity contribution in [3.8, 4) is 0 Å². The van der Waals surface area contributed by atoms with Gasteiger partial charge in [0.05, 0.1) is 5.60 Å². The first kappa shape index (κ1) is 10.4. The zero-order valence-corrected chi connectivity index (χ0v) is 8.97. The summed E-state index contributed by atoms with van der Waals surface area (Å²) in [5.74, 6) is 0. The maximum atomic E-state index is 10.4. The fraction of sp³-hybridized carbons (Fsp3) is 1.00. The van der Waals surface area contributed by atoms with Crippen LogP contribution in [-0.2, 0) is 0 Å². The number of hydrogen-bond acceptors (Lipinski definition) is 3. The molecule has 0 aromatic heterocycles. The van der Waals surface area contributed by atoms with E-state index in [-0.39, 0.29) is 0 Å². The van der Waals surface area contributed by atoms with Crippen LogP contribution in [0.5, 0.6) is 0 Å². The summed E-state index contributed by atoms with van der Waals surface area (Å²) in [5, 5.41) is 13.8. The molecule has 2 aliphatic rings. The van der Waals surface area contributed by atoms with E-state index in [4.69, 9.17) is 0 Å². The topological polar surface area (TPSA) is 35.5 Å². The summed E-state index contributed by atoms with van der Waals surface area (Å²) in [7, 11) is 0. The standard InChI is InChI=1S/C11H22N2O/c14-11(4-3-6-12-7-5-11)10-13-8-1-2-9-13/h12,14H,1-10H2/t11-/m0/s1. The molecule has 2 fully saturated rings. The Hall–Kier alpha value is -0.120. The molecule has 2 rings (SSSR count). The Morgan fingerprint density at radius 2 is 1.86 bits per heavy atom. The van der Waals surface area contributed by atoms with Gasteiger partial charge in [-0.05, 0) is 58.3 Å². The Labute approximate surface area is 86.5 Å². The van der Waals surface area contributed by atoms with Crippen LogP contribution in [0.3, 0.4) is 0 Å². The minimum atomic E-state index is -0.409. The van der Waals surface area contributed by atoms with Crippen molar-refractivity contribution in [1.29, 1.82) is 0 Å². The molecular weight excluding hydrogens is 176 g/mol. The van der Waals surface area contributed by atoms with Gasteiger partial charge in [-0.25, -0.2) is 0 Å². The van der Waals surface area contributed by atoms with Crippen LogP contribution in [0.2, 0.25) is 0 Å². The Balaban J connectivity index is 1.85. The monoisotopic (exact) mass is 198 g/mol. The Morgan fingerprint density at radius 1 is 1.07 bits per heavy atom. The van der Waals surface area contributed by atoms with Crippen LogP contribution in [0.15, 0.2) is 0 Å². The molecule has 0 aromatic carbocycles. The Bertz CT molecular complexity index is 170. The van der Waals surface area contributed by atoms with Crippen LogP contribution < -0.4 is 5.32 Å². The van der Waals surface area contributed by atoms with Gasteiger partial charge in [-0.15, -0.1) is 0 Å². The lowest BCUT2D eigenvalue weighted by atomic mass is 9.94. The third kappa shape index (κ3) is 2.69. The molecule has 0 aromatic rings. The number of nitrogens with zero attached hydrogens (tertiary/aromatic N) is 1. The first-order valence-corrected chi connectivity index (χ1v) is 5.94. The highest BCUT2D eigenvalue weighted by molar-refractivity contribution is 4.86. The van der Waals surface area contributed by atoms with Gasteiger partial charge in [0.25, 0.3) is 0 Å². The Kier molecular flexibility index (Phi) is 3.42. The molecule has 0 spiro atoms. The lowest BCUT2D eigenvalue weighted by Gasteiger charge is -2.31. The molecule has 0 bridgehead atoms. The molecule has 2 saturated heterocycles. The first-order chi connectivity index (χ1) is 6.79. The lowest BCUT2D eigenvalue weighted by Crippen LogP contribution is -2.42. The summed E-state index contributed by atoms with van der Waals surface area (Å²) < 4.78 is 0. The molecule has 0 amide bonds. The fourth-order valence-electron chi connectivity index (χ4n) is 2.63. The molecule has 14 heavy (non-hydrogen) atoms. The SMILES string of the molecule is O[C@@]1(CN2CCCC2)CCCNCC1. The smallest absolute Gasteiger partial charge is 0.0786 e. The van der Waals surface area contributed by atoms with Crippen molar-refractivity contribution in [1.82, 2.24) is 10.2 Å². The van der Waals surface area contributed by atoms with E-state index in [9.17, 15) is 5.11 Å². The fourth-order valence-corrected chi connectivity index (χ4v) is 2.63. The van der Waals surface area contributed by atoms with Crippen molar-refractivity contribution in [2.75, 3.05) is 32.7 Å². The lowest BCUT2D eigenvalue weighted by molar-refractivity contribution is -0.00106. The van der Waals surface area contributed by atoms with Crippen LogP contribution in [-0.4, -0.2) is 48.3 Å². The van der Waals surface area contributed by atoms with E-state index < -0.39 is 5.60 Å². The van der Waals surface area contributed by atoms with Crippen LogP contribution in [0.4, 0.5) is 0 Å². The highest BCUT2D eigenvalue weighted by Crippen LogP contribution is 2.22. The van der Waals surface area contributed by atoms with Crippen molar-refractivity contribution in [3.05, 3.63) is 0 Å². The molecular formula is C11H22N2O. The number of nitrogens with one attached hydrogen (secondary N) is 1. The molecule has 2 aliphatic heterocycles. The average molecular weight is 198 g/mol. The van der Waals surface area contributed by atoms with Gasteiger partial charge in [-0.3, -0.25) is 0 Å². The van der Waals surface area contributed by atoms with Crippen LogP contribution in [0, 0.1) is 0 Å². The van der Waals surface area contributed by atoms with E-state index in [1.807, 2.05) is 0 Å². The predicted octanol–water partition coefficient (Wildman–Crippen LogP) is 0.587. The number of rotatable bonds is 2. The average Bonchev–Trinajstić information content (AvgIpc) is 2.55. The minimum Gasteiger partial charge on any atom is -0.389 e. The van der Waals surface area contributed by atoms with E-state index in [2.05, 4.69) is 10.2 Å². The van der Waals surface area contributed by atoms with Gasteiger partial charge in [0.1, 0.15) is 0 Å². The van der Waals surface area contributed by atoms with Crippen molar-refractivity contribution < 1.29 is 5.11 Å². The Morgan fingerprint density at radius 3 is 2.64 bits per heavy atom. The number of aliphatic hydroxyl groups is 1. The third-order valence-electron chi connectivity index (χ3n) is 3.48. The van der Waals surface area contributed by atoms with Crippen molar-refractivity contribution in [2.24, 2.45) is 0 Å². The second-order valence-corrected chi connectivity index (χ2v) is 4.81. The largest absolute Gasteiger partial charge is 0.389 e. The van der Waals surface area contributed by atoms with E-state index in [1.54, 1.807) is 0 Å².